The van der Waals surface area contributed by atoms with E-state index in [-0.39, 0.29) is 60.2 Å². The molecule has 12 N–H and O–H groups in total. The van der Waals surface area contributed by atoms with E-state index in [1.807, 2.05) is 0 Å². The molecule has 14 heteroatoms. The van der Waals surface area contributed by atoms with E-state index in [0.29, 0.717) is 0 Å². The molecule has 0 bridgehead atoms. The van der Waals surface area contributed by atoms with Crippen LogP contribution >= 0.6 is 0 Å². The molecule has 0 saturated heterocycles. The molecule has 0 aliphatic carbocycles. The third-order valence-corrected chi connectivity index (χ3v) is 0. The first-order valence-electron chi connectivity index (χ1n) is 1.13. The van der Waals surface area contributed by atoms with Crippen molar-refractivity contribution in [1.29, 1.82) is 0 Å². The average Bonchev–Trinajstić information content (AvgIpc) is 0.592. The normalized spacial score (nSPS) is 11.6. The van der Waals surface area contributed by atoms with Gasteiger partial charge in [0.05, 0.1) is 0 Å². The van der Waals surface area contributed by atoms with Crippen molar-refractivity contribution >= 4 is 8.63 Å². The van der Waals surface area contributed by atoms with Gasteiger partial charge >= 0.3 is 60.6 Å². The van der Waals surface area contributed by atoms with Crippen molar-refractivity contribution in [2.45, 2.75) is 0 Å². The van der Waals surface area contributed by atoms with Gasteiger partial charge in [-0.05, 0) is 0 Å². The van der Waals surface area contributed by atoms with E-state index in [0.717, 1.165) is 0 Å². The maximum Gasteiger partial charge on any atom is 2.00 e. The second-order valence-corrected chi connectivity index (χ2v) is 3.21. The third kappa shape index (κ3) is 7170. The van der Waals surface area contributed by atoms with Crippen molar-refractivity contribution in [2.75, 3.05) is 0 Å². The minimum atomic E-state index is -10.8. The van der Waals surface area contributed by atoms with Crippen molar-refractivity contribution in [3.63, 3.8) is 0 Å². The van der Waals surface area contributed by atoms with E-state index in [2.05, 4.69) is 0 Å². The quantitative estimate of drug-likeness (QED) is 0.244. The second-order valence-electron chi connectivity index (χ2n) is 1.07. The fourth-order valence-electron chi connectivity index (χ4n) is 0. The summed E-state index contributed by atoms with van der Waals surface area (Å²) in [4.78, 5) is 0. The van der Waals surface area contributed by atoms with Gasteiger partial charge in [0.1, 0.15) is 0 Å². The SMILES string of the molecule is F[Si-2](F)(F)(F)(F)F.O.O.O.O.O.O.[Cd+2]. The summed E-state index contributed by atoms with van der Waals surface area (Å²) in [5.41, 5.74) is 0. The maximum atomic E-state index is 9.88. The van der Waals surface area contributed by atoms with Crippen LogP contribution in [0.1, 0.15) is 0 Å². The predicted octanol–water partition coefficient (Wildman–Crippen LogP) is -2.81. The van der Waals surface area contributed by atoms with Crippen molar-refractivity contribution in [3.8, 4) is 0 Å². The number of hydrogen-bond donors (Lipinski definition) is 0. The molecule has 0 aromatic rings. The largest absolute Gasteiger partial charge is 2.00 e. The number of halogens is 6. The summed E-state index contributed by atoms with van der Waals surface area (Å²) in [5.74, 6) is 0. The zero-order valence-electron chi connectivity index (χ0n) is 6.47. The fourth-order valence-corrected chi connectivity index (χ4v) is 0. The first kappa shape index (κ1) is 62.7. The van der Waals surface area contributed by atoms with Crippen LogP contribution in [0.3, 0.4) is 0 Å². The van der Waals surface area contributed by atoms with E-state index in [1.165, 1.54) is 0 Å². The molecule has 0 aliphatic rings. The van der Waals surface area contributed by atoms with Crippen molar-refractivity contribution in [1.82, 2.24) is 0 Å². The van der Waals surface area contributed by atoms with Crippen LogP contribution in [-0.2, 0) is 27.3 Å². The Morgan fingerprint density at radius 2 is 0.429 bits per heavy atom. The van der Waals surface area contributed by atoms with Crippen LogP contribution in [0.25, 0.3) is 0 Å². The van der Waals surface area contributed by atoms with Crippen LogP contribution in [0.5, 0.6) is 0 Å². The Morgan fingerprint density at radius 3 is 0.429 bits per heavy atom. The molecule has 0 saturated carbocycles. The molecule has 0 aromatic carbocycles. The summed E-state index contributed by atoms with van der Waals surface area (Å²) in [5, 5.41) is 0. The van der Waals surface area contributed by atoms with Crippen molar-refractivity contribution in [2.24, 2.45) is 0 Å². The maximum absolute atomic E-state index is 10.8. The number of rotatable bonds is 0. The Hall–Kier alpha value is 0.479. The fraction of sp³-hybridized carbons (Fsp3) is 0. The minimum Gasteiger partial charge on any atom is -0.412 e. The number of hydrogen-bond acceptors (Lipinski definition) is 0. The Labute approximate surface area is 93.8 Å². The molecular formula is H12CdF6O6Si. The van der Waals surface area contributed by atoms with E-state index in [9.17, 15) is 24.6 Å². The topological polar surface area (TPSA) is 189 Å². The van der Waals surface area contributed by atoms with Gasteiger partial charge in [0, 0.05) is 0 Å². The molecular weight excluding hydrogens is 350 g/mol. The monoisotopic (exact) mass is 364 g/mol. The van der Waals surface area contributed by atoms with E-state index < -0.39 is 8.63 Å². The van der Waals surface area contributed by atoms with Crippen molar-refractivity contribution < 1.29 is 84.8 Å². The molecule has 0 fully saturated rings. The van der Waals surface area contributed by atoms with Gasteiger partial charge in [0.25, 0.3) is 0 Å². The van der Waals surface area contributed by atoms with E-state index in [4.69, 9.17) is 0 Å². The summed E-state index contributed by atoms with van der Waals surface area (Å²) in [7, 11) is -10.8. The summed E-state index contributed by atoms with van der Waals surface area (Å²) in [6, 6.07) is 0. The zero-order chi connectivity index (χ0) is 6.41. The van der Waals surface area contributed by atoms with Crippen LogP contribution in [0.2, 0.25) is 0 Å². The van der Waals surface area contributed by atoms with E-state index >= 15 is 0 Å². The molecule has 0 rings (SSSR count). The zero-order valence-corrected chi connectivity index (χ0v) is 11.5. The van der Waals surface area contributed by atoms with Crippen LogP contribution in [0.15, 0.2) is 0 Å². The Balaban J connectivity index is -0.00000000857. The molecule has 6 nitrogen and oxygen atoms in total. The van der Waals surface area contributed by atoms with Gasteiger partial charge in [-0.3, -0.25) is 0 Å². The van der Waals surface area contributed by atoms with Gasteiger partial charge in [-0.1, -0.05) is 0 Å². The first-order chi connectivity index (χ1) is 2.45. The molecule has 96 valence electrons. The van der Waals surface area contributed by atoms with Gasteiger partial charge in [-0.15, -0.1) is 0 Å². The molecule has 0 atom stereocenters. The Bertz CT molecular complexity index is 80.9. The molecule has 0 unspecified atom stereocenters. The molecule has 0 spiro atoms. The summed E-state index contributed by atoms with van der Waals surface area (Å²) >= 11 is 0. The molecule has 0 aliphatic heterocycles. The smallest absolute Gasteiger partial charge is 0.412 e. The molecule has 0 amide bonds. The molecule has 14 heavy (non-hydrogen) atoms. The van der Waals surface area contributed by atoms with Crippen molar-refractivity contribution in [3.05, 3.63) is 0 Å². The van der Waals surface area contributed by atoms with Crippen LogP contribution in [-0.4, -0.2) is 41.5 Å². The molecule has 0 heterocycles. The second kappa shape index (κ2) is 8.76. The van der Waals surface area contributed by atoms with Gasteiger partial charge in [0.2, 0.25) is 0 Å². The van der Waals surface area contributed by atoms with Gasteiger partial charge in [-0.2, -0.15) is 0 Å². The third-order valence-electron chi connectivity index (χ3n) is 0. The van der Waals surface area contributed by atoms with E-state index in [1.54, 1.807) is 0 Å². The molecule has 0 aromatic heterocycles. The Morgan fingerprint density at radius 1 is 0.429 bits per heavy atom. The minimum absolute atomic E-state index is 0. The van der Waals surface area contributed by atoms with Crippen LogP contribution in [0, 0.1) is 0 Å². The van der Waals surface area contributed by atoms with Crippen LogP contribution in [0.4, 0.5) is 24.6 Å². The predicted molar refractivity (Wildman–Crippen MR) is 34.1 cm³/mol. The van der Waals surface area contributed by atoms with Gasteiger partial charge in [-0.25, -0.2) is 0 Å². The standard InChI is InChI=1S/Cd.F6Si.6H2O/c;1-7(2,3,4,5)6;;;;;;/h;;6*1H2/q+2;-2;;;;;;. The summed E-state index contributed by atoms with van der Waals surface area (Å²) in [6.45, 7) is 0. The summed E-state index contributed by atoms with van der Waals surface area (Å²) in [6.07, 6.45) is 0. The van der Waals surface area contributed by atoms with Gasteiger partial charge < -0.3 is 32.9 Å². The van der Waals surface area contributed by atoms with Gasteiger partial charge in [0.15, 0.2) is 0 Å². The van der Waals surface area contributed by atoms with Crippen LogP contribution < -0.4 is 0 Å². The average molecular weight is 363 g/mol. The first-order valence-corrected chi connectivity index (χ1v) is 3.40. The Kier molecular flexibility index (Phi) is 39.2. The summed E-state index contributed by atoms with van der Waals surface area (Å²) < 4.78 is 59.3. The molecule has 0 radical (unpaired) electrons.